The summed E-state index contributed by atoms with van der Waals surface area (Å²) in [5.41, 5.74) is 0. The van der Waals surface area contributed by atoms with Gasteiger partial charge in [-0.3, -0.25) is 0 Å². The van der Waals surface area contributed by atoms with Crippen molar-refractivity contribution in [1.29, 1.82) is 0 Å². The van der Waals surface area contributed by atoms with E-state index < -0.39 is 9.84 Å². The maximum absolute atomic E-state index is 12.1. The second-order valence-electron chi connectivity index (χ2n) is 2.87. The Morgan fingerprint density at radius 1 is 1.07 bits per heavy atom. The number of halogens is 1. The molecule has 0 radical (unpaired) electrons. The highest BCUT2D eigenvalue weighted by Gasteiger charge is 2.21. The summed E-state index contributed by atoms with van der Waals surface area (Å²) in [6.45, 7) is 0. The third-order valence-corrected chi connectivity index (χ3v) is 6.32. The first-order valence-electron chi connectivity index (χ1n) is 4.15. The molecule has 0 unspecified atom stereocenters. The minimum absolute atomic E-state index is 0.327. The van der Waals surface area contributed by atoms with Crippen LogP contribution in [0.15, 0.2) is 55.4 Å². The van der Waals surface area contributed by atoms with E-state index in [1.807, 2.05) is 0 Å². The molecule has 2 rings (SSSR count). The molecule has 2 nitrogen and oxygen atoms in total. The Hall–Kier alpha value is -0.650. The lowest BCUT2D eigenvalue weighted by Gasteiger charge is -2.01. The summed E-state index contributed by atoms with van der Waals surface area (Å²) < 4.78 is 25.2. The molecule has 5 heteroatoms. The van der Waals surface area contributed by atoms with Crippen LogP contribution in [0.1, 0.15) is 0 Å². The molecule has 0 bridgehead atoms. The van der Waals surface area contributed by atoms with Crippen LogP contribution in [0.3, 0.4) is 0 Å². The van der Waals surface area contributed by atoms with E-state index in [0.29, 0.717) is 13.6 Å². The van der Waals surface area contributed by atoms with Gasteiger partial charge in [-0.1, -0.05) is 18.2 Å². The van der Waals surface area contributed by atoms with Gasteiger partial charge in [-0.2, -0.15) is 0 Å². The van der Waals surface area contributed by atoms with Gasteiger partial charge in [0.15, 0.2) is 0 Å². The zero-order valence-electron chi connectivity index (χ0n) is 7.55. The zero-order chi connectivity index (χ0) is 10.9. The van der Waals surface area contributed by atoms with Crippen LogP contribution in [0.4, 0.5) is 0 Å². The van der Waals surface area contributed by atoms with Crippen molar-refractivity contribution in [2.45, 2.75) is 9.10 Å². The number of thiophene rings is 1. The smallest absolute Gasteiger partial charge is 0.217 e. The van der Waals surface area contributed by atoms with Crippen molar-refractivity contribution in [3.05, 3.63) is 46.3 Å². The second-order valence-corrected chi connectivity index (χ2v) is 6.79. The van der Waals surface area contributed by atoms with Gasteiger partial charge in [0, 0.05) is 4.47 Å². The van der Waals surface area contributed by atoms with Crippen LogP contribution in [-0.2, 0) is 9.84 Å². The molecule has 0 aliphatic carbocycles. The third kappa shape index (κ3) is 2.00. The fourth-order valence-corrected chi connectivity index (χ4v) is 4.93. The van der Waals surface area contributed by atoms with E-state index >= 15 is 0 Å². The number of hydrogen-bond donors (Lipinski definition) is 0. The van der Waals surface area contributed by atoms with Crippen molar-refractivity contribution in [1.82, 2.24) is 0 Å². The predicted octanol–water partition coefficient (Wildman–Crippen LogP) is 3.34. The molecule has 2 aromatic rings. The van der Waals surface area contributed by atoms with Crippen LogP contribution >= 0.6 is 27.3 Å². The van der Waals surface area contributed by atoms with Crippen molar-refractivity contribution >= 4 is 37.1 Å². The van der Waals surface area contributed by atoms with Gasteiger partial charge in [0.05, 0.1) is 4.90 Å². The molecule has 1 aromatic heterocycles. The van der Waals surface area contributed by atoms with Gasteiger partial charge in [-0.05, 0) is 39.5 Å². The zero-order valence-corrected chi connectivity index (χ0v) is 10.8. The van der Waals surface area contributed by atoms with E-state index in [2.05, 4.69) is 15.9 Å². The molecule has 0 saturated heterocycles. The van der Waals surface area contributed by atoms with Crippen LogP contribution < -0.4 is 0 Å². The number of sulfone groups is 1. The van der Waals surface area contributed by atoms with Crippen LogP contribution in [0.2, 0.25) is 0 Å². The van der Waals surface area contributed by atoms with E-state index in [4.69, 9.17) is 0 Å². The van der Waals surface area contributed by atoms with Crippen LogP contribution in [0.5, 0.6) is 0 Å². The summed E-state index contributed by atoms with van der Waals surface area (Å²) in [5, 5.41) is 1.75. The van der Waals surface area contributed by atoms with Crippen molar-refractivity contribution in [2.75, 3.05) is 0 Å². The van der Waals surface area contributed by atoms with Crippen LogP contribution in [0.25, 0.3) is 0 Å². The molecule has 78 valence electrons. The van der Waals surface area contributed by atoms with Crippen molar-refractivity contribution < 1.29 is 8.42 Å². The molecule has 1 aromatic carbocycles. The van der Waals surface area contributed by atoms with Crippen LogP contribution in [-0.4, -0.2) is 8.42 Å². The molecular formula is C10H7BrO2S2. The summed E-state index contributed by atoms with van der Waals surface area (Å²) >= 11 is 4.45. The molecule has 0 atom stereocenters. The van der Waals surface area contributed by atoms with E-state index in [9.17, 15) is 8.42 Å². The number of hydrogen-bond acceptors (Lipinski definition) is 3. The van der Waals surface area contributed by atoms with Gasteiger partial charge < -0.3 is 0 Å². The van der Waals surface area contributed by atoms with Gasteiger partial charge >= 0.3 is 0 Å². The van der Waals surface area contributed by atoms with Crippen molar-refractivity contribution in [3.8, 4) is 0 Å². The topological polar surface area (TPSA) is 34.1 Å². The Morgan fingerprint density at radius 3 is 2.27 bits per heavy atom. The number of rotatable bonds is 2. The molecule has 0 aliphatic heterocycles. The molecule has 1 heterocycles. The van der Waals surface area contributed by atoms with Crippen LogP contribution in [0, 0.1) is 0 Å². The fourth-order valence-electron chi connectivity index (χ4n) is 1.18. The first kappa shape index (κ1) is 10.9. The molecule has 0 spiro atoms. The molecule has 0 amide bonds. The first-order valence-corrected chi connectivity index (χ1v) is 7.31. The molecule has 0 saturated carbocycles. The normalized spacial score (nSPS) is 11.5. The van der Waals surface area contributed by atoms with Crippen molar-refractivity contribution in [3.63, 3.8) is 0 Å². The lowest BCUT2D eigenvalue weighted by molar-refractivity contribution is 0.597. The molecule has 0 aliphatic rings. The molecule has 15 heavy (non-hydrogen) atoms. The SMILES string of the molecule is O=S(=O)(c1ccccc1)c1sccc1Br. The van der Waals surface area contributed by atoms with E-state index in [1.165, 1.54) is 11.3 Å². The molecule has 0 N–H and O–H groups in total. The van der Waals surface area contributed by atoms with Crippen molar-refractivity contribution in [2.24, 2.45) is 0 Å². The summed E-state index contributed by atoms with van der Waals surface area (Å²) in [6, 6.07) is 10.2. The van der Waals surface area contributed by atoms with Gasteiger partial charge in [0.25, 0.3) is 0 Å². The van der Waals surface area contributed by atoms with E-state index in [1.54, 1.807) is 41.8 Å². The number of benzene rings is 1. The lowest BCUT2D eigenvalue weighted by Crippen LogP contribution is -1.99. The summed E-state index contributed by atoms with van der Waals surface area (Å²) in [7, 11) is -3.35. The Labute approximate surface area is 101 Å². The maximum Gasteiger partial charge on any atom is 0.217 e. The fraction of sp³-hybridized carbons (Fsp3) is 0. The van der Waals surface area contributed by atoms with Gasteiger partial charge in [-0.25, -0.2) is 8.42 Å². The Morgan fingerprint density at radius 2 is 1.73 bits per heavy atom. The average Bonchev–Trinajstić information content (AvgIpc) is 2.66. The van der Waals surface area contributed by atoms with E-state index in [0.717, 1.165) is 0 Å². The highest BCUT2D eigenvalue weighted by atomic mass is 79.9. The Bertz CT molecular complexity index is 558. The minimum atomic E-state index is -3.35. The standard InChI is InChI=1S/C10H7BrO2S2/c11-9-6-7-14-10(9)15(12,13)8-4-2-1-3-5-8/h1-7H. The largest absolute Gasteiger partial charge is 0.218 e. The predicted molar refractivity (Wildman–Crippen MR) is 63.9 cm³/mol. The van der Waals surface area contributed by atoms with Gasteiger partial charge in [0.1, 0.15) is 4.21 Å². The molecule has 0 fully saturated rings. The minimum Gasteiger partial charge on any atom is -0.218 e. The Balaban J connectivity index is 2.60. The van der Waals surface area contributed by atoms with E-state index in [-0.39, 0.29) is 0 Å². The lowest BCUT2D eigenvalue weighted by atomic mass is 10.4. The highest BCUT2D eigenvalue weighted by molar-refractivity contribution is 9.10. The highest BCUT2D eigenvalue weighted by Crippen LogP contribution is 2.32. The average molecular weight is 303 g/mol. The van der Waals surface area contributed by atoms with Gasteiger partial charge in [-0.15, -0.1) is 11.3 Å². The quantitative estimate of drug-likeness (QED) is 0.852. The first-order chi connectivity index (χ1) is 7.12. The second kappa shape index (κ2) is 4.08. The summed E-state index contributed by atoms with van der Waals surface area (Å²) in [4.78, 5) is 0.327. The van der Waals surface area contributed by atoms with Gasteiger partial charge in [0.2, 0.25) is 9.84 Å². The third-order valence-electron chi connectivity index (χ3n) is 1.88. The maximum atomic E-state index is 12.1. The monoisotopic (exact) mass is 302 g/mol. The summed E-state index contributed by atoms with van der Waals surface area (Å²) in [5.74, 6) is 0. The Kier molecular flexibility index (Phi) is 2.95. The molecular weight excluding hydrogens is 296 g/mol. The summed E-state index contributed by atoms with van der Waals surface area (Å²) in [6.07, 6.45) is 0.